The highest BCUT2D eigenvalue weighted by Crippen LogP contribution is 2.08. The van der Waals surface area contributed by atoms with E-state index >= 15 is 0 Å². The van der Waals surface area contributed by atoms with Gasteiger partial charge in [-0.2, -0.15) is 0 Å². The van der Waals surface area contributed by atoms with Crippen molar-refractivity contribution in [2.24, 2.45) is 5.73 Å². The van der Waals surface area contributed by atoms with Gasteiger partial charge in [0.1, 0.15) is 0 Å². The Morgan fingerprint density at radius 2 is 2.20 bits per heavy atom. The first-order chi connectivity index (χ1) is 7.31. The number of hydrogen-bond acceptors (Lipinski definition) is 4. The summed E-state index contributed by atoms with van der Waals surface area (Å²) < 4.78 is 0. The van der Waals surface area contributed by atoms with Crippen molar-refractivity contribution in [1.82, 2.24) is 9.97 Å². The van der Waals surface area contributed by atoms with Crippen LogP contribution in [0.4, 0.5) is 5.95 Å². The van der Waals surface area contributed by atoms with Crippen molar-refractivity contribution in [2.75, 3.05) is 18.0 Å². The van der Waals surface area contributed by atoms with Crippen LogP contribution in [0, 0.1) is 0 Å². The Kier molecular flexibility index (Phi) is 5.04. The second-order valence-corrected chi connectivity index (χ2v) is 3.49. The minimum absolute atomic E-state index is 0.473. The summed E-state index contributed by atoms with van der Waals surface area (Å²) in [6.45, 7) is 6.73. The molecule has 0 aliphatic carbocycles. The van der Waals surface area contributed by atoms with Gasteiger partial charge in [0.05, 0.1) is 5.69 Å². The van der Waals surface area contributed by atoms with Gasteiger partial charge in [-0.25, -0.2) is 9.97 Å². The van der Waals surface area contributed by atoms with E-state index in [-0.39, 0.29) is 0 Å². The van der Waals surface area contributed by atoms with Crippen molar-refractivity contribution < 1.29 is 0 Å². The molecule has 0 radical (unpaired) electrons. The normalized spacial score (nSPS) is 10.3. The molecule has 4 nitrogen and oxygen atoms in total. The van der Waals surface area contributed by atoms with Crippen LogP contribution in [0.15, 0.2) is 12.3 Å². The van der Waals surface area contributed by atoms with Crippen LogP contribution in [-0.4, -0.2) is 23.1 Å². The van der Waals surface area contributed by atoms with Gasteiger partial charge < -0.3 is 10.6 Å². The van der Waals surface area contributed by atoms with Crippen LogP contribution >= 0.6 is 0 Å². The predicted molar refractivity (Wildman–Crippen MR) is 62.7 cm³/mol. The molecule has 0 atom stereocenters. The zero-order valence-corrected chi connectivity index (χ0v) is 9.61. The smallest absolute Gasteiger partial charge is 0.225 e. The third-order valence-electron chi connectivity index (χ3n) is 2.36. The molecule has 0 aromatic carbocycles. The summed E-state index contributed by atoms with van der Waals surface area (Å²) in [6, 6.07) is 1.86. The zero-order valence-electron chi connectivity index (χ0n) is 9.61. The quantitative estimate of drug-likeness (QED) is 0.771. The van der Waals surface area contributed by atoms with Crippen LogP contribution in [0.25, 0.3) is 0 Å². The molecule has 1 heterocycles. The fourth-order valence-corrected chi connectivity index (χ4v) is 1.40. The first-order valence-corrected chi connectivity index (χ1v) is 5.58. The van der Waals surface area contributed by atoms with E-state index in [0.717, 1.165) is 24.7 Å². The monoisotopic (exact) mass is 208 g/mol. The van der Waals surface area contributed by atoms with Crippen LogP contribution in [0.1, 0.15) is 32.4 Å². The summed E-state index contributed by atoms with van der Waals surface area (Å²) in [6.07, 6.45) is 4.14. The lowest BCUT2D eigenvalue weighted by Gasteiger charge is -2.20. The highest BCUT2D eigenvalue weighted by molar-refractivity contribution is 5.29. The number of hydrogen-bond donors (Lipinski definition) is 1. The molecule has 0 bridgehead atoms. The maximum Gasteiger partial charge on any atom is 0.225 e. The van der Waals surface area contributed by atoms with E-state index in [2.05, 4.69) is 28.7 Å². The number of nitrogens with two attached hydrogens (primary N) is 1. The Hall–Kier alpha value is -1.16. The lowest BCUT2D eigenvalue weighted by Crippen LogP contribution is -2.26. The minimum Gasteiger partial charge on any atom is -0.341 e. The maximum atomic E-state index is 5.55. The van der Waals surface area contributed by atoms with Crippen LogP contribution in [0.3, 0.4) is 0 Å². The Bertz CT molecular complexity index is 288. The Labute approximate surface area is 91.5 Å². The molecule has 0 amide bonds. The number of aromatic nitrogens is 2. The van der Waals surface area contributed by atoms with Crippen molar-refractivity contribution in [1.29, 1.82) is 0 Å². The summed E-state index contributed by atoms with van der Waals surface area (Å²) in [5.74, 6) is 0.800. The van der Waals surface area contributed by atoms with Gasteiger partial charge in [-0.1, -0.05) is 13.3 Å². The molecule has 84 valence electrons. The molecule has 0 aliphatic rings. The van der Waals surface area contributed by atoms with Gasteiger partial charge in [-0.05, 0) is 19.4 Å². The predicted octanol–water partition coefficient (Wildman–Crippen LogP) is 1.56. The SMILES string of the molecule is CCCCN(CC)c1nccc(CN)n1. The number of rotatable bonds is 6. The lowest BCUT2D eigenvalue weighted by atomic mass is 10.3. The second kappa shape index (κ2) is 6.35. The highest BCUT2D eigenvalue weighted by atomic mass is 15.2. The van der Waals surface area contributed by atoms with Gasteiger partial charge in [0.25, 0.3) is 0 Å². The fourth-order valence-electron chi connectivity index (χ4n) is 1.40. The molecule has 2 N–H and O–H groups in total. The zero-order chi connectivity index (χ0) is 11.1. The number of unbranched alkanes of at least 4 members (excludes halogenated alkanes) is 1. The van der Waals surface area contributed by atoms with E-state index < -0.39 is 0 Å². The van der Waals surface area contributed by atoms with E-state index in [1.807, 2.05) is 6.07 Å². The Balaban J connectivity index is 2.72. The van der Waals surface area contributed by atoms with Crippen LogP contribution < -0.4 is 10.6 Å². The Morgan fingerprint density at radius 1 is 1.40 bits per heavy atom. The van der Waals surface area contributed by atoms with Crippen LogP contribution in [0.5, 0.6) is 0 Å². The Morgan fingerprint density at radius 3 is 2.80 bits per heavy atom. The third kappa shape index (κ3) is 3.47. The topological polar surface area (TPSA) is 55.0 Å². The van der Waals surface area contributed by atoms with Crippen molar-refractivity contribution in [3.05, 3.63) is 18.0 Å². The summed E-state index contributed by atoms with van der Waals surface area (Å²) in [4.78, 5) is 10.9. The molecule has 0 unspecified atom stereocenters. The van der Waals surface area contributed by atoms with Gasteiger partial charge in [0, 0.05) is 25.8 Å². The molecule has 15 heavy (non-hydrogen) atoms. The van der Waals surface area contributed by atoms with Gasteiger partial charge in [0.2, 0.25) is 5.95 Å². The van der Waals surface area contributed by atoms with Gasteiger partial charge in [-0.3, -0.25) is 0 Å². The molecule has 0 spiro atoms. The fraction of sp³-hybridized carbons (Fsp3) is 0.636. The van der Waals surface area contributed by atoms with Crippen molar-refractivity contribution >= 4 is 5.95 Å². The molecule has 1 aromatic heterocycles. The largest absolute Gasteiger partial charge is 0.341 e. The minimum atomic E-state index is 0.473. The summed E-state index contributed by atoms with van der Waals surface area (Å²) in [7, 11) is 0. The van der Waals surface area contributed by atoms with Gasteiger partial charge >= 0.3 is 0 Å². The van der Waals surface area contributed by atoms with E-state index in [4.69, 9.17) is 5.73 Å². The molecule has 4 heteroatoms. The number of anilines is 1. The first-order valence-electron chi connectivity index (χ1n) is 5.58. The standard InChI is InChI=1S/C11H20N4/c1-3-5-8-15(4-2)11-13-7-6-10(9-12)14-11/h6-7H,3-5,8-9,12H2,1-2H3. The average molecular weight is 208 g/mol. The summed E-state index contributed by atoms with van der Waals surface area (Å²) >= 11 is 0. The molecule has 0 aliphatic heterocycles. The van der Waals surface area contributed by atoms with Crippen LogP contribution in [-0.2, 0) is 6.54 Å². The molecule has 1 rings (SSSR count). The summed E-state index contributed by atoms with van der Waals surface area (Å²) in [5.41, 5.74) is 6.45. The maximum absolute atomic E-state index is 5.55. The van der Waals surface area contributed by atoms with Gasteiger partial charge in [-0.15, -0.1) is 0 Å². The molecular weight excluding hydrogens is 188 g/mol. The second-order valence-electron chi connectivity index (χ2n) is 3.49. The van der Waals surface area contributed by atoms with Crippen molar-refractivity contribution in [2.45, 2.75) is 33.2 Å². The average Bonchev–Trinajstić information content (AvgIpc) is 2.30. The third-order valence-corrected chi connectivity index (χ3v) is 2.36. The molecule has 1 aromatic rings. The lowest BCUT2D eigenvalue weighted by molar-refractivity contribution is 0.710. The van der Waals surface area contributed by atoms with Crippen molar-refractivity contribution in [3.8, 4) is 0 Å². The van der Waals surface area contributed by atoms with Crippen LogP contribution in [0.2, 0.25) is 0 Å². The molecule has 0 fully saturated rings. The van der Waals surface area contributed by atoms with E-state index in [1.165, 1.54) is 12.8 Å². The molecule has 0 saturated heterocycles. The van der Waals surface area contributed by atoms with Gasteiger partial charge in [0.15, 0.2) is 0 Å². The molecule has 0 saturated carbocycles. The highest BCUT2D eigenvalue weighted by Gasteiger charge is 2.06. The first kappa shape index (κ1) is 11.9. The number of nitrogens with zero attached hydrogens (tertiary/aromatic N) is 3. The molecular formula is C11H20N4. The summed E-state index contributed by atoms with van der Waals surface area (Å²) in [5, 5.41) is 0. The van der Waals surface area contributed by atoms with E-state index in [9.17, 15) is 0 Å². The van der Waals surface area contributed by atoms with E-state index in [1.54, 1.807) is 6.20 Å². The van der Waals surface area contributed by atoms with Crippen molar-refractivity contribution in [3.63, 3.8) is 0 Å². The van der Waals surface area contributed by atoms with E-state index in [0.29, 0.717) is 6.54 Å².